The smallest absolute Gasteiger partial charge is 0.165 e. The molecule has 0 spiro atoms. The summed E-state index contributed by atoms with van der Waals surface area (Å²) >= 11 is 0. The maximum Gasteiger partial charge on any atom is 0.165 e. The highest BCUT2D eigenvalue weighted by molar-refractivity contribution is 5.50. The van der Waals surface area contributed by atoms with Gasteiger partial charge in [0, 0.05) is 18.0 Å². The summed E-state index contributed by atoms with van der Waals surface area (Å²) in [5.41, 5.74) is 7.15. The zero-order chi connectivity index (χ0) is 10.1. The van der Waals surface area contributed by atoms with Crippen molar-refractivity contribution in [2.45, 2.75) is 6.54 Å². The van der Waals surface area contributed by atoms with Gasteiger partial charge in [-0.3, -0.25) is 0 Å². The molecular weight excluding hydrogens is 178 g/mol. The van der Waals surface area contributed by atoms with Crippen molar-refractivity contribution in [1.29, 1.82) is 0 Å². The number of nitrogens with two attached hydrogens (primary N) is 1. The van der Waals surface area contributed by atoms with E-state index in [0.717, 1.165) is 18.0 Å². The van der Waals surface area contributed by atoms with E-state index >= 15 is 0 Å². The highest BCUT2D eigenvalue weighted by Gasteiger charge is 2.03. The maximum atomic E-state index is 5.64. The molecular formula is C9H13N5. The van der Waals surface area contributed by atoms with E-state index in [0.29, 0.717) is 5.69 Å². The molecule has 0 unspecified atom stereocenters. The zero-order valence-corrected chi connectivity index (χ0v) is 8.31. The molecule has 0 aliphatic heterocycles. The minimum atomic E-state index is 0.710. The van der Waals surface area contributed by atoms with E-state index in [1.807, 2.05) is 31.3 Å². The number of anilines is 1. The highest BCUT2D eigenvalue weighted by Crippen LogP contribution is 2.07. The Kier molecular flexibility index (Phi) is 2.09. The normalized spacial score (nSPS) is 11.4. The van der Waals surface area contributed by atoms with Crippen molar-refractivity contribution in [2.24, 2.45) is 0 Å². The van der Waals surface area contributed by atoms with Crippen molar-refractivity contribution < 1.29 is 0 Å². The largest absolute Gasteiger partial charge is 0.399 e. The van der Waals surface area contributed by atoms with Gasteiger partial charge in [0.25, 0.3) is 0 Å². The second kappa shape index (κ2) is 3.26. The molecule has 2 aromatic rings. The van der Waals surface area contributed by atoms with Crippen LogP contribution in [-0.2, 0) is 6.54 Å². The molecule has 0 aliphatic rings. The summed E-state index contributed by atoms with van der Waals surface area (Å²) in [5, 5.41) is 4.30. The Morgan fingerprint density at radius 1 is 1.50 bits per heavy atom. The number of pyridine rings is 1. The average molecular weight is 191 g/mol. The molecule has 2 aromatic heterocycles. The highest BCUT2D eigenvalue weighted by atomic mass is 15.3. The third kappa shape index (κ3) is 1.67. The molecule has 0 saturated carbocycles. The molecule has 2 N–H and O–H groups in total. The molecule has 0 fully saturated rings. The van der Waals surface area contributed by atoms with Crippen LogP contribution in [0.5, 0.6) is 0 Å². The summed E-state index contributed by atoms with van der Waals surface area (Å²) < 4.78 is 1.73. The van der Waals surface area contributed by atoms with Crippen LogP contribution in [0, 0.1) is 0 Å². The molecule has 74 valence electrons. The molecule has 2 rings (SSSR count). The number of hydrogen-bond donors (Lipinski definition) is 1. The molecule has 0 atom stereocenters. The lowest BCUT2D eigenvalue weighted by molar-refractivity contribution is 0.390. The van der Waals surface area contributed by atoms with Crippen molar-refractivity contribution in [2.75, 3.05) is 19.8 Å². The minimum Gasteiger partial charge on any atom is -0.399 e. The first-order valence-electron chi connectivity index (χ1n) is 4.40. The molecule has 2 heterocycles. The lowest BCUT2D eigenvalue weighted by Gasteiger charge is -2.03. The van der Waals surface area contributed by atoms with Crippen LogP contribution in [0.25, 0.3) is 5.65 Å². The number of nitrogens with zero attached hydrogens (tertiary/aromatic N) is 4. The second-order valence-corrected chi connectivity index (χ2v) is 3.53. The van der Waals surface area contributed by atoms with Gasteiger partial charge in [0.05, 0.1) is 6.54 Å². The Hall–Kier alpha value is -1.62. The summed E-state index contributed by atoms with van der Waals surface area (Å²) in [6, 6.07) is 3.62. The summed E-state index contributed by atoms with van der Waals surface area (Å²) in [6.07, 6.45) is 1.82. The topological polar surface area (TPSA) is 59.5 Å². The Morgan fingerprint density at radius 3 is 3.00 bits per heavy atom. The van der Waals surface area contributed by atoms with E-state index in [2.05, 4.69) is 10.1 Å². The van der Waals surface area contributed by atoms with Gasteiger partial charge in [-0.15, -0.1) is 5.10 Å². The van der Waals surface area contributed by atoms with Crippen LogP contribution in [0.4, 0.5) is 5.69 Å². The van der Waals surface area contributed by atoms with Crippen LogP contribution >= 0.6 is 0 Å². The summed E-state index contributed by atoms with van der Waals surface area (Å²) in [5.74, 6) is 0.806. The molecule has 14 heavy (non-hydrogen) atoms. The molecule has 0 amide bonds. The molecule has 5 heteroatoms. The van der Waals surface area contributed by atoms with E-state index in [-0.39, 0.29) is 0 Å². The van der Waals surface area contributed by atoms with Crippen molar-refractivity contribution in [1.82, 2.24) is 19.5 Å². The van der Waals surface area contributed by atoms with E-state index in [4.69, 9.17) is 5.73 Å². The van der Waals surface area contributed by atoms with Crippen molar-refractivity contribution in [3.8, 4) is 0 Å². The van der Waals surface area contributed by atoms with Gasteiger partial charge in [-0.25, -0.2) is 9.50 Å². The molecule has 0 saturated heterocycles. The number of hydrogen-bond acceptors (Lipinski definition) is 4. The number of nitrogen functional groups attached to an aromatic ring is 1. The van der Waals surface area contributed by atoms with Gasteiger partial charge in [-0.1, -0.05) is 0 Å². The van der Waals surface area contributed by atoms with Gasteiger partial charge in [0.1, 0.15) is 0 Å². The summed E-state index contributed by atoms with van der Waals surface area (Å²) in [7, 11) is 3.97. The van der Waals surface area contributed by atoms with Gasteiger partial charge < -0.3 is 10.6 Å². The predicted octanol–water partition coefficient (Wildman–Crippen LogP) is 0.373. The third-order valence-corrected chi connectivity index (χ3v) is 1.86. The summed E-state index contributed by atoms with van der Waals surface area (Å²) in [6.45, 7) is 0.738. The monoisotopic (exact) mass is 191 g/mol. The average Bonchev–Trinajstić information content (AvgIpc) is 2.44. The fraction of sp³-hybridized carbons (Fsp3) is 0.333. The lowest BCUT2D eigenvalue weighted by Crippen LogP contribution is -2.11. The molecule has 0 radical (unpaired) electrons. The van der Waals surface area contributed by atoms with Crippen molar-refractivity contribution in [3.05, 3.63) is 24.2 Å². The van der Waals surface area contributed by atoms with Crippen LogP contribution in [-0.4, -0.2) is 33.6 Å². The van der Waals surface area contributed by atoms with Gasteiger partial charge in [0.15, 0.2) is 11.5 Å². The van der Waals surface area contributed by atoms with E-state index in [1.54, 1.807) is 10.6 Å². The van der Waals surface area contributed by atoms with Crippen LogP contribution < -0.4 is 5.73 Å². The fourth-order valence-corrected chi connectivity index (χ4v) is 1.29. The lowest BCUT2D eigenvalue weighted by atomic mass is 10.4. The third-order valence-electron chi connectivity index (χ3n) is 1.86. The van der Waals surface area contributed by atoms with Crippen molar-refractivity contribution >= 4 is 11.3 Å². The van der Waals surface area contributed by atoms with E-state index in [9.17, 15) is 0 Å². The molecule has 0 aromatic carbocycles. The van der Waals surface area contributed by atoms with Crippen LogP contribution in [0.15, 0.2) is 18.3 Å². The van der Waals surface area contributed by atoms with Gasteiger partial charge in [-0.05, 0) is 20.2 Å². The van der Waals surface area contributed by atoms with Gasteiger partial charge in [-0.2, -0.15) is 0 Å². The van der Waals surface area contributed by atoms with E-state index < -0.39 is 0 Å². The molecule has 0 aliphatic carbocycles. The van der Waals surface area contributed by atoms with Crippen molar-refractivity contribution in [3.63, 3.8) is 0 Å². The number of rotatable bonds is 2. The second-order valence-electron chi connectivity index (χ2n) is 3.53. The SMILES string of the molecule is CN(C)Cc1nc2cc(N)ccn2n1. The first-order chi connectivity index (χ1) is 6.65. The zero-order valence-electron chi connectivity index (χ0n) is 8.31. The Balaban J connectivity index is 2.41. The first kappa shape index (κ1) is 8.96. The van der Waals surface area contributed by atoms with Gasteiger partial charge >= 0.3 is 0 Å². The molecule has 5 nitrogen and oxygen atoms in total. The quantitative estimate of drug-likeness (QED) is 0.745. The first-order valence-corrected chi connectivity index (χ1v) is 4.40. The standard InChI is InChI=1S/C9H13N5/c1-13(2)6-8-11-9-5-7(10)3-4-14(9)12-8/h3-5H,6,10H2,1-2H3. The van der Waals surface area contributed by atoms with Crippen LogP contribution in [0.2, 0.25) is 0 Å². The Bertz CT molecular complexity index is 445. The van der Waals surface area contributed by atoms with Crippen LogP contribution in [0.1, 0.15) is 5.82 Å². The Labute approximate surface area is 82.2 Å². The Morgan fingerprint density at radius 2 is 2.29 bits per heavy atom. The number of aromatic nitrogens is 3. The van der Waals surface area contributed by atoms with E-state index in [1.165, 1.54) is 0 Å². The minimum absolute atomic E-state index is 0.710. The maximum absolute atomic E-state index is 5.64. The van der Waals surface area contributed by atoms with Gasteiger partial charge in [0.2, 0.25) is 0 Å². The number of fused-ring (bicyclic) bond motifs is 1. The van der Waals surface area contributed by atoms with Crippen LogP contribution in [0.3, 0.4) is 0 Å². The predicted molar refractivity (Wildman–Crippen MR) is 54.8 cm³/mol. The molecule has 0 bridgehead atoms. The fourth-order valence-electron chi connectivity index (χ4n) is 1.29. The summed E-state index contributed by atoms with van der Waals surface area (Å²) in [4.78, 5) is 6.37.